The molecular formula is C44H26N2O. The Morgan fingerprint density at radius 1 is 0.340 bits per heavy atom. The van der Waals surface area contributed by atoms with Gasteiger partial charge < -0.3 is 4.42 Å². The van der Waals surface area contributed by atoms with Crippen molar-refractivity contribution >= 4 is 54.4 Å². The van der Waals surface area contributed by atoms with E-state index in [2.05, 4.69) is 146 Å². The van der Waals surface area contributed by atoms with Crippen LogP contribution in [-0.4, -0.2) is 9.97 Å². The van der Waals surface area contributed by atoms with Crippen molar-refractivity contribution in [1.29, 1.82) is 0 Å². The molecule has 47 heavy (non-hydrogen) atoms. The lowest BCUT2D eigenvalue weighted by Crippen LogP contribution is -1.97. The number of para-hydroxylation sites is 1. The number of aromatic nitrogens is 2. The smallest absolute Gasteiger partial charge is 0.161 e. The number of hydrogen-bond donors (Lipinski definition) is 0. The Kier molecular flexibility index (Phi) is 5.57. The standard InChI is InChI=1S/C44H26N2O/c1-2-11-27(12-3-1)28-21-23-29(24-22-28)43-36-17-8-9-19-37(36)45-44(46-43)35-16-7-5-14-31(35)34-25-26-39-42-40(34)32-15-6-4-13-30(32)33-18-10-20-38(47-39)41(33)42/h1-26H. The summed E-state index contributed by atoms with van der Waals surface area (Å²) in [6.45, 7) is 0. The molecule has 3 nitrogen and oxygen atoms in total. The third kappa shape index (κ3) is 3.93. The van der Waals surface area contributed by atoms with Crippen molar-refractivity contribution in [2.24, 2.45) is 0 Å². The van der Waals surface area contributed by atoms with Crippen molar-refractivity contribution in [2.75, 3.05) is 0 Å². The van der Waals surface area contributed by atoms with Gasteiger partial charge in [-0.25, -0.2) is 9.97 Å². The van der Waals surface area contributed by atoms with Gasteiger partial charge in [-0.2, -0.15) is 0 Å². The van der Waals surface area contributed by atoms with E-state index in [4.69, 9.17) is 14.4 Å². The van der Waals surface area contributed by atoms with Gasteiger partial charge in [0.2, 0.25) is 0 Å². The summed E-state index contributed by atoms with van der Waals surface area (Å²) < 4.78 is 6.42. The van der Waals surface area contributed by atoms with Gasteiger partial charge in [-0.1, -0.05) is 133 Å². The second-order valence-electron chi connectivity index (χ2n) is 12.1. The Bertz CT molecular complexity index is 2780. The Labute approximate surface area is 270 Å². The van der Waals surface area contributed by atoms with E-state index in [-0.39, 0.29) is 0 Å². The minimum atomic E-state index is 0.704. The SMILES string of the molecule is c1ccc(-c2ccc(-c3nc(-c4ccccc4-c4ccc5oc6cccc7c8ccccc8c4c5c67)nc4ccccc34)cc2)cc1. The molecule has 0 unspecified atom stereocenters. The lowest BCUT2D eigenvalue weighted by atomic mass is 9.88. The lowest BCUT2D eigenvalue weighted by molar-refractivity contribution is 0.669. The fourth-order valence-electron chi connectivity index (χ4n) is 7.36. The summed E-state index contributed by atoms with van der Waals surface area (Å²) in [6.07, 6.45) is 0. The maximum absolute atomic E-state index is 6.42. The molecule has 0 aliphatic carbocycles. The van der Waals surface area contributed by atoms with Crippen LogP contribution in [0.25, 0.3) is 99.3 Å². The van der Waals surface area contributed by atoms with E-state index in [1.54, 1.807) is 0 Å². The summed E-state index contributed by atoms with van der Waals surface area (Å²) >= 11 is 0. The molecule has 2 aromatic heterocycles. The van der Waals surface area contributed by atoms with E-state index in [0.717, 1.165) is 50.0 Å². The summed E-state index contributed by atoms with van der Waals surface area (Å²) in [7, 11) is 0. The molecule has 8 aromatic carbocycles. The first-order valence-corrected chi connectivity index (χ1v) is 15.9. The number of benzene rings is 8. The highest BCUT2D eigenvalue weighted by Crippen LogP contribution is 2.47. The van der Waals surface area contributed by atoms with E-state index in [1.807, 2.05) is 12.1 Å². The summed E-state index contributed by atoms with van der Waals surface area (Å²) in [5, 5.41) is 8.23. The van der Waals surface area contributed by atoms with Gasteiger partial charge in [0.05, 0.1) is 11.2 Å². The van der Waals surface area contributed by atoms with Crippen molar-refractivity contribution in [2.45, 2.75) is 0 Å². The van der Waals surface area contributed by atoms with E-state index >= 15 is 0 Å². The molecule has 0 N–H and O–H groups in total. The van der Waals surface area contributed by atoms with Crippen LogP contribution < -0.4 is 0 Å². The highest BCUT2D eigenvalue weighted by atomic mass is 16.3. The topological polar surface area (TPSA) is 38.9 Å². The average molecular weight is 599 g/mol. The van der Waals surface area contributed by atoms with Crippen LogP contribution in [0.1, 0.15) is 0 Å². The van der Waals surface area contributed by atoms with Crippen LogP contribution >= 0.6 is 0 Å². The summed E-state index contributed by atoms with van der Waals surface area (Å²) in [5.41, 5.74) is 10.3. The largest absolute Gasteiger partial charge is 0.456 e. The third-order valence-corrected chi connectivity index (χ3v) is 9.48. The third-order valence-electron chi connectivity index (χ3n) is 9.48. The fraction of sp³-hybridized carbons (Fsp3) is 0. The van der Waals surface area contributed by atoms with Crippen molar-refractivity contribution in [3.8, 4) is 44.9 Å². The van der Waals surface area contributed by atoms with Crippen LogP contribution in [0.4, 0.5) is 0 Å². The normalized spacial score (nSPS) is 11.8. The molecule has 0 radical (unpaired) electrons. The molecule has 0 atom stereocenters. The molecule has 218 valence electrons. The maximum Gasteiger partial charge on any atom is 0.161 e. The molecular weight excluding hydrogens is 572 g/mol. The van der Waals surface area contributed by atoms with Crippen LogP contribution in [0.3, 0.4) is 0 Å². The summed E-state index contributed by atoms with van der Waals surface area (Å²) in [5.74, 6) is 0.704. The Morgan fingerprint density at radius 2 is 0.957 bits per heavy atom. The van der Waals surface area contributed by atoms with Crippen molar-refractivity contribution < 1.29 is 4.42 Å². The van der Waals surface area contributed by atoms with Gasteiger partial charge in [-0.3, -0.25) is 0 Å². The van der Waals surface area contributed by atoms with Crippen LogP contribution in [0.15, 0.2) is 162 Å². The van der Waals surface area contributed by atoms with Crippen molar-refractivity contribution in [1.82, 2.24) is 9.97 Å². The highest BCUT2D eigenvalue weighted by Gasteiger charge is 2.22. The number of hydrogen-bond acceptors (Lipinski definition) is 3. The number of rotatable bonds is 4. The second kappa shape index (κ2) is 10.1. The van der Waals surface area contributed by atoms with Gasteiger partial charge in [0, 0.05) is 32.7 Å². The molecule has 0 fully saturated rings. The van der Waals surface area contributed by atoms with Gasteiger partial charge in [0.25, 0.3) is 0 Å². The first-order chi connectivity index (χ1) is 23.3. The quantitative estimate of drug-likeness (QED) is 0.189. The molecule has 0 saturated heterocycles. The molecule has 0 aliphatic rings. The monoisotopic (exact) mass is 598 g/mol. The van der Waals surface area contributed by atoms with Crippen LogP contribution in [0.2, 0.25) is 0 Å². The van der Waals surface area contributed by atoms with E-state index in [9.17, 15) is 0 Å². The molecule has 0 amide bonds. The van der Waals surface area contributed by atoms with E-state index in [1.165, 1.54) is 43.4 Å². The Morgan fingerprint density at radius 3 is 1.81 bits per heavy atom. The molecule has 0 spiro atoms. The summed E-state index contributed by atoms with van der Waals surface area (Å²) in [6, 6.07) is 55.4. The van der Waals surface area contributed by atoms with Crippen LogP contribution in [-0.2, 0) is 0 Å². The fourth-order valence-corrected chi connectivity index (χ4v) is 7.36. The lowest BCUT2D eigenvalue weighted by Gasteiger charge is -2.16. The first-order valence-electron chi connectivity index (χ1n) is 15.9. The van der Waals surface area contributed by atoms with Gasteiger partial charge in [0.1, 0.15) is 11.2 Å². The molecule has 2 heterocycles. The molecule has 10 aromatic rings. The highest BCUT2D eigenvalue weighted by molar-refractivity contribution is 6.35. The van der Waals surface area contributed by atoms with Crippen molar-refractivity contribution in [3.05, 3.63) is 158 Å². The predicted octanol–water partition coefficient (Wildman–Crippen LogP) is 11.9. The maximum atomic E-state index is 6.42. The minimum Gasteiger partial charge on any atom is -0.456 e. The van der Waals surface area contributed by atoms with Gasteiger partial charge >= 0.3 is 0 Å². The molecule has 10 rings (SSSR count). The predicted molar refractivity (Wildman–Crippen MR) is 195 cm³/mol. The Balaban J connectivity index is 1.22. The number of furan rings is 1. The molecule has 3 heteroatoms. The van der Waals surface area contributed by atoms with Gasteiger partial charge in [-0.05, 0) is 62.7 Å². The van der Waals surface area contributed by atoms with Gasteiger partial charge in [-0.15, -0.1) is 0 Å². The molecule has 0 aliphatic heterocycles. The summed E-state index contributed by atoms with van der Waals surface area (Å²) in [4.78, 5) is 10.5. The van der Waals surface area contributed by atoms with Gasteiger partial charge in [0.15, 0.2) is 5.82 Å². The van der Waals surface area contributed by atoms with Crippen LogP contribution in [0.5, 0.6) is 0 Å². The van der Waals surface area contributed by atoms with E-state index in [0.29, 0.717) is 5.82 Å². The second-order valence-corrected chi connectivity index (χ2v) is 12.1. The van der Waals surface area contributed by atoms with E-state index < -0.39 is 0 Å². The first kappa shape index (κ1) is 26.0. The molecule has 0 saturated carbocycles. The number of fused-ring (bicyclic) bond motifs is 4. The zero-order valence-electron chi connectivity index (χ0n) is 25.3. The van der Waals surface area contributed by atoms with Crippen LogP contribution in [0, 0.1) is 0 Å². The Hall–Kier alpha value is -6.32. The zero-order valence-corrected chi connectivity index (χ0v) is 25.3. The van der Waals surface area contributed by atoms with Crippen molar-refractivity contribution in [3.63, 3.8) is 0 Å². The number of nitrogens with zero attached hydrogens (tertiary/aromatic N) is 2. The molecule has 0 bridgehead atoms. The zero-order chi connectivity index (χ0) is 30.9. The minimum absolute atomic E-state index is 0.704. The average Bonchev–Trinajstić information content (AvgIpc) is 3.54.